The van der Waals surface area contributed by atoms with E-state index in [2.05, 4.69) is 5.32 Å². The maximum atomic E-state index is 13.1. The highest BCUT2D eigenvalue weighted by atomic mass is 16.5. The first-order valence-electron chi connectivity index (χ1n) is 10.2. The summed E-state index contributed by atoms with van der Waals surface area (Å²) >= 11 is 0. The summed E-state index contributed by atoms with van der Waals surface area (Å²) in [6, 6.07) is 4.66. The van der Waals surface area contributed by atoms with Gasteiger partial charge in [0, 0.05) is 34.3 Å². The van der Waals surface area contributed by atoms with E-state index in [-0.39, 0.29) is 41.5 Å². The molecule has 0 aromatic heterocycles. The largest absolute Gasteiger partial charge is 0.508 e. The number of rotatable bonds is 2. The van der Waals surface area contributed by atoms with Crippen molar-refractivity contribution in [2.75, 3.05) is 7.11 Å². The van der Waals surface area contributed by atoms with E-state index in [1.54, 1.807) is 13.0 Å². The lowest BCUT2D eigenvalue weighted by molar-refractivity contribution is -0.126. The highest BCUT2D eigenvalue weighted by Crippen LogP contribution is 2.55. The standard InChI is InChI=1S/C24H21NO6/c1-10-7-17(27)21-16(22(10)28)9-15-12(5-6-14-20(15)24(30)25-23(14)29)19(21)13-4-3-11(26)8-18(13)31-2/h3-5,7-8,14-15,19-20,26H,6,9H2,1-2H3,(H,25,29,30). The second-order valence-electron chi connectivity index (χ2n) is 8.51. The number of methoxy groups -OCH3 is 1. The number of carbonyl (C=O) groups is 4. The molecular weight excluding hydrogens is 398 g/mol. The molecule has 1 saturated heterocycles. The van der Waals surface area contributed by atoms with E-state index in [1.165, 1.54) is 25.3 Å². The van der Waals surface area contributed by atoms with Crippen LogP contribution in [-0.4, -0.2) is 35.6 Å². The second kappa shape index (κ2) is 6.77. The van der Waals surface area contributed by atoms with Crippen molar-refractivity contribution in [3.8, 4) is 11.5 Å². The number of hydrogen-bond donors (Lipinski definition) is 2. The van der Waals surface area contributed by atoms with Crippen molar-refractivity contribution in [2.45, 2.75) is 25.7 Å². The van der Waals surface area contributed by atoms with Crippen LogP contribution in [0.2, 0.25) is 0 Å². The third kappa shape index (κ3) is 2.72. The van der Waals surface area contributed by atoms with Gasteiger partial charge in [0.1, 0.15) is 11.5 Å². The lowest BCUT2D eigenvalue weighted by atomic mass is 9.59. The molecule has 4 atom stereocenters. The zero-order valence-electron chi connectivity index (χ0n) is 17.1. The molecule has 2 amide bonds. The number of ketones is 2. The first kappa shape index (κ1) is 19.5. The number of aromatic hydroxyl groups is 1. The molecule has 4 aliphatic rings. The summed E-state index contributed by atoms with van der Waals surface area (Å²) in [6.45, 7) is 1.61. The summed E-state index contributed by atoms with van der Waals surface area (Å²) in [5, 5.41) is 12.3. The van der Waals surface area contributed by atoms with Crippen LogP contribution in [0.5, 0.6) is 11.5 Å². The molecule has 0 saturated carbocycles. The molecule has 4 unspecified atom stereocenters. The van der Waals surface area contributed by atoms with E-state index < -0.39 is 17.8 Å². The topological polar surface area (TPSA) is 110 Å². The number of phenols is 1. The minimum atomic E-state index is -0.588. The number of Topliss-reactive ketones (excluding diaryl/α,β-unsaturated/α-hetero) is 1. The molecule has 5 rings (SSSR count). The molecule has 0 spiro atoms. The minimum absolute atomic E-state index is 0.0161. The van der Waals surface area contributed by atoms with Gasteiger partial charge in [0.2, 0.25) is 11.8 Å². The molecule has 31 heavy (non-hydrogen) atoms. The number of carbonyl (C=O) groups excluding carboxylic acids is 4. The average molecular weight is 419 g/mol. The Bertz CT molecular complexity index is 1170. The molecule has 1 fully saturated rings. The Morgan fingerprint density at radius 3 is 2.61 bits per heavy atom. The smallest absolute Gasteiger partial charge is 0.231 e. The molecule has 2 N–H and O–H groups in total. The molecule has 0 radical (unpaired) electrons. The van der Waals surface area contributed by atoms with Crippen molar-refractivity contribution < 1.29 is 29.0 Å². The molecule has 7 heteroatoms. The van der Waals surface area contributed by atoms with Crippen molar-refractivity contribution >= 4 is 23.4 Å². The van der Waals surface area contributed by atoms with E-state index >= 15 is 0 Å². The Hall–Kier alpha value is -3.48. The first-order chi connectivity index (χ1) is 14.8. The maximum absolute atomic E-state index is 13.1. The van der Waals surface area contributed by atoms with Crippen molar-refractivity contribution in [1.82, 2.24) is 5.32 Å². The third-order valence-corrected chi connectivity index (χ3v) is 6.93. The second-order valence-corrected chi connectivity index (χ2v) is 8.51. The highest BCUT2D eigenvalue weighted by Gasteiger charge is 2.53. The van der Waals surface area contributed by atoms with E-state index in [0.717, 1.165) is 5.57 Å². The van der Waals surface area contributed by atoms with Gasteiger partial charge in [0.15, 0.2) is 11.6 Å². The number of allylic oxidation sites excluding steroid dienone is 6. The van der Waals surface area contributed by atoms with Crippen molar-refractivity contribution in [3.63, 3.8) is 0 Å². The van der Waals surface area contributed by atoms with Gasteiger partial charge in [0.05, 0.1) is 18.9 Å². The molecule has 0 bridgehead atoms. The molecule has 158 valence electrons. The van der Waals surface area contributed by atoms with Crippen LogP contribution in [0.15, 0.2) is 52.6 Å². The molecule has 3 aliphatic carbocycles. The fraction of sp³-hybridized carbons (Fsp3) is 0.333. The van der Waals surface area contributed by atoms with Gasteiger partial charge in [-0.3, -0.25) is 24.5 Å². The SMILES string of the molecule is COc1cc(O)ccc1C1C2=CCC3C(=O)NC(=O)C3C2CC2=C1C(=O)C=C(C)C2=O. The van der Waals surface area contributed by atoms with Crippen LogP contribution in [-0.2, 0) is 19.2 Å². The van der Waals surface area contributed by atoms with Crippen LogP contribution in [0.1, 0.15) is 31.2 Å². The van der Waals surface area contributed by atoms with Gasteiger partial charge >= 0.3 is 0 Å². The normalized spacial score (nSPS) is 29.6. The fourth-order valence-electron chi connectivity index (χ4n) is 5.59. The molecule has 7 nitrogen and oxygen atoms in total. The van der Waals surface area contributed by atoms with E-state index in [4.69, 9.17) is 4.74 Å². The molecule has 1 heterocycles. The summed E-state index contributed by atoms with van der Waals surface area (Å²) in [5.41, 5.74) is 2.65. The Morgan fingerprint density at radius 1 is 1.10 bits per heavy atom. The lowest BCUT2D eigenvalue weighted by Gasteiger charge is -2.42. The summed E-state index contributed by atoms with van der Waals surface area (Å²) in [4.78, 5) is 51.1. The van der Waals surface area contributed by atoms with E-state index in [0.29, 0.717) is 34.5 Å². The first-order valence-corrected chi connectivity index (χ1v) is 10.2. The van der Waals surface area contributed by atoms with Gasteiger partial charge in [-0.2, -0.15) is 0 Å². The fourth-order valence-corrected chi connectivity index (χ4v) is 5.59. The van der Waals surface area contributed by atoms with E-state index in [9.17, 15) is 24.3 Å². The van der Waals surface area contributed by atoms with Crippen molar-refractivity contribution in [2.24, 2.45) is 17.8 Å². The van der Waals surface area contributed by atoms with Crippen LogP contribution in [0, 0.1) is 17.8 Å². The predicted molar refractivity (Wildman–Crippen MR) is 109 cm³/mol. The number of hydrogen-bond acceptors (Lipinski definition) is 6. The van der Waals surface area contributed by atoms with Gasteiger partial charge in [-0.05, 0) is 37.8 Å². The molecule has 1 aromatic rings. The van der Waals surface area contributed by atoms with Crippen LogP contribution in [0.4, 0.5) is 0 Å². The van der Waals surface area contributed by atoms with Gasteiger partial charge in [0.25, 0.3) is 0 Å². The molecule has 1 aromatic carbocycles. The molecular formula is C24H21NO6. The summed E-state index contributed by atoms with van der Waals surface area (Å²) in [6.07, 6.45) is 3.94. The number of imide groups is 1. The third-order valence-electron chi connectivity index (χ3n) is 6.93. The number of nitrogens with one attached hydrogen (secondary N) is 1. The highest BCUT2D eigenvalue weighted by molar-refractivity contribution is 6.23. The average Bonchev–Trinajstić information content (AvgIpc) is 3.04. The molecule has 1 aliphatic heterocycles. The van der Waals surface area contributed by atoms with Gasteiger partial charge in [-0.1, -0.05) is 17.7 Å². The number of fused-ring (bicyclic) bond motifs is 3. The monoisotopic (exact) mass is 419 g/mol. The van der Waals surface area contributed by atoms with Crippen LogP contribution >= 0.6 is 0 Å². The van der Waals surface area contributed by atoms with Crippen LogP contribution in [0.25, 0.3) is 0 Å². The number of amides is 2. The summed E-state index contributed by atoms with van der Waals surface area (Å²) in [5.74, 6) is -2.63. The number of benzene rings is 1. The number of ether oxygens (including phenoxy) is 1. The van der Waals surface area contributed by atoms with Crippen LogP contribution < -0.4 is 10.1 Å². The quantitative estimate of drug-likeness (QED) is 0.432. The Labute approximate surface area is 178 Å². The minimum Gasteiger partial charge on any atom is -0.508 e. The zero-order chi connectivity index (χ0) is 22.0. The van der Waals surface area contributed by atoms with Crippen molar-refractivity contribution in [3.05, 3.63) is 58.2 Å². The number of phenolic OH excluding ortho intramolecular Hbond substituents is 1. The Morgan fingerprint density at radius 2 is 1.87 bits per heavy atom. The Balaban J connectivity index is 1.75. The van der Waals surface area contributed by atoms with E-state index in [1.807, 2.05) is 6.08 Å². The van der Waals surface area contributed by atoms with Crippen molar-refractivity contribution in [1.29, 1.82) is 0 Å². The van der Waals surface area contributed by atoms with Crippen LogP contribution in [0.3, 0.4) is 0 Å². The summed E-state index contributed by atoms with van der Waals surface area (Å²) < 4.78 is 5.49. The Kier molecular flexibility index (Phi) is 4.25. The predicted octanol–water partition coefficient (Wildman–Crippen LogP) is 2.12. The lowest BCUT2D eigenvalue weighted by Crippen LogP contribution is -2.39. The van der Waals surface area contributed by atoms with Gasteiger partial charge < -0.3 is 9.84 Å². The zero-order valence-corrected chi connectivity index (χ0v) is 17.1. The van der Waals surface area contributed by atoms with Gasteiger partial charge in [-0.25, -0.2) is 0 Å². The maximum Gasteiger partial charge on any atom is 0.231 e. The summed E-state index contributed by atoms with van der Waals surface area (Å²) in [7, 11) is 1.47. The van der Waals surface area contributed by atoms with Gasteiger partial charge in [-0.15, -0.1) is 0 Å².